The molecule has 0 unspecified atom stereocenters. The molecule has 1 amide bonds. The predicted molar refractivity (Wildman–Crippen MR) is 101 cm³/mol. The summed E-state index contributed by atoms with van der Waals surface area (Å²) in [5.41, 5.74) is 2.02. The topological polar surface area (TPSA) is 84.8 Å². The van der Waals surface area contributed by atoms with E-state index in [0.717, 1.165) is 35.9 Å². The molecule has 26 heavy (non-hydrogen) atoms. The van der Waals surface area contributed by atoms with E-state index in [9.17, 15) is 4.79 Å². The molecule has 7 heteroatoms. The smallest absolute Gasteiger partial charge is 0.251 e. The van der Waals surface area contributed by atoms with Crippen molar-refractivity contribution in [1.29, 1.82) is 5.26 Å². The molecule has 1 aliphatic heterocycles. The van der Waals surface area contributed by atoms with Gasteiger partial charge >= 0.3 is 0 Å². The van der Waals surface area contributed by atoms with Crippen LogP contribution in [0.3, 0.4) is 0 Å². The van der Waals surface area contributed by atoms with Crippen LogP contribution < -0.4 is 10.2 Å². The van der Waals surface area contributed by atoms with E-state index in [-0.39, 0.29) is 11.9 Å². The zero-order chi connectivity index (χ0) is 17.9. The van der Waals surface area contributed by atoms with Gasteiger partial charge in [0.15, 0.2) is 5.82 Å². The molecule has 4 rings (SSSR count). The van der Waals surface area contributed by atoms with E-state index in [1.165, 1.54) is 0 Å². The molecule has 130 valence electrons. The van der Waals surface area contributed by atoms with Crippen LogP contribution in [0, 0.1) is 11.3 Å². The maximum atomic E-state index is 12.4. The minimum absolute atomic E-state index is 0.0649. The van der Waals surface area contributed by atoms with Crippen LogP contribution in [-0.2, 0) is 0 Å². The second kappa shape index (κ2) is 7.02. The third-order valence-electron chi connectivity index (χ3n) is 4.45. The van der Waals surface area contributed by atoms with E-state index in [0.29, 0.717) is 11.1 Å². The van der Waals surface area contributed by atoms with Gasteiger partial charge in [-0.05, 0) is 36.1 Å². The lowest BCUT2D eigenvalue weighted by molar-refractivity contribution is 0.0940. The first kappa shape index (κ1) is 16.4. The Balaban J connectivity index is 1.39. The number of rotatable bonds is 4. The number of benzene rings is 1. The van der Waals surface area contributed by atoms with E-state index in [4.69, 9.17) is 5.26 Å². The second-order valence-corrected chi connectivity index (χ2v) is 7.16. The van der Waals surface area contributed by atoms with E-state index in [1.54, 1.807) is 35.6 Å². The van der Waals surface area contributed by atoms with Gasteiger partial charge in [-0.15, -0.1) is 11.3 Å². The number of hydrogen-bond donors (Lipinski definition) is 2. The molecule has 1 aromatic carbocycles. The summed E-state index contributed by atoms with van der Waals surface area (Å²) in [5.74, 6) is 0.756. The molecule has 1 aliphatic rings. The predicted octanol–water partition coefficient (Wildman–Crippen LogP) is 3.02. The number of nitriles is 1. The van der Waals surface area contributed by atoms with Gasteiger partial charge in [-0.2, -0.15) is 10.4 Å². The van der Waals surface area contributed by atoms with Crippen molar-refractivity contribution in [2.24, 2.45) is 0 Å². The maximum Gasteiger partial charge on any atom is 0.251 e. The molecule has 0 spiro atoms. The summed E-state index contributed by atoms with van der Waals surface area (Å²) in [6.45, 7) is 1.57. The number of carbonyl (C=O) groups excluding carboxylic acids is 1. The van der Waals surface area contributed by atoms with Gasteiger partial charge in [-0.3, -0.25) is 9.89 Å². The van der Waals surface area contributed by atoms with Crippen LogP contribution in [0.15, 0.2) is 47.8 Å². The number of aromatic nitrogens is 2. The Hall–Kier alpha value is -3.11. The zero-order valence-corrected chi connectivity index (χ0v) is 14.8. The van der Waals surface area contributed by atoms with Crippen LogP contribution in [0.5, 0.6) is 0 Å². The SMILES string of the molecule is N#Cc1cccc(C(=O)N[C@@H]2CCN(c3cc(-c4cccs4)[nH]n3)C2)c1. The van der Waals surface area contributed by atoms with E-state index in [1.807, 2.05) is 17.5 Å². The quantitative estimate of drug-likeness (QED) is 0.746. The largest absolute Gasteiger partial charge is 0.353 e. The molecule has 3 aromatic rings. The number of amides is 1. The zero-order valence-electron chi connectivity index (χ0n) is 14.0. The van der Waals surface area contributed by atoms with Gasteiger partial charge < -0.3 is 10.2 Å². The number of hydrogen-bond acceptors (Lipinski definition) is 5. The molecule has 2 aromatic heterocycles. The van der Waals surface area contributed by atoms with Crippen LogP contribution in [0.4, 0.5) is 5.82 Å². The summed E-state index contributed by atoms with van der Waals surface area (Å²) in [5, 5.41) is 21.5. The normalized spacial score (nSPS) is 16.4. The molecule has 2 N–H and O–H groups in total. The fourth-order valence-electron chi connectivity index (χ4n) is 3.12. The van der Waals surface area contributed by atoms with Crippen molar-refractivity contribution in [1.82, 2.24) is 15.5 Å². The van der Waals surface area contributed by atoms with Crippen molar-refractivity contribution >= 4 is 23.1 Å². The second-order valence-electron chi connectivity index (χ2n) is 6.21. The number of H-pyrrole nitrogens is 1. The van der Waals surface area contributed by atoms with Crippen molar-refractivity contribution in [3.63, 3.8) is 0 Å². The van der Waals surface area contributed by atoms with E-state index >= 15 is 0 Å². The Morgan fingerprint density at radius 3 is 3.08 bits per heavy atom. The Bertz CT molecular complexity index is 956. The molecule has 0 bridgehead atoms. The molecule has 3 heterocycles. The lowest BCUT2D eigenvalue weighted by Crippen LogP contribution is -2.37. The van der Waals surface area contributed by atoms with Crippen LogP contribution in [0.25, 0.3) is 10.6 Å². The first-order chi connectivity index (χ1) is 12.7. The van der Waals surface area contributed by atoms with Gasteiger partial charge in [-0.1, -0.05) is 12.1 Å². The molecule has 0 radical (unpaired) electrons. The van der Waals surface area contributed by atoms with Crippen molar-refractivity contribution in [2.75, 3.05) is 18.0 Å². The van der Waals surface area contributed by atoms with Gasteiger partial charge in [0.1, 0.15) is 0 Å². The maximum absolute atomic E-state index is 12.4. The Labute approximate surface area is 155 Å². The van der Waals surface area contributed by atoms with Gasteiger partial charge in [-0.25, -0.2) is 0 Å². The number of carbonyl (C=O) groups is 1. The van der Waals surface area contributed by atoms with Crippen molar-refractivity contribution in [3.05, 3.63) is 59.0 Å². The minimum Gasteiger partial charge on any atom is -0.353 e. The number of nitrogens with zero attached hydrogens (tertiary/aromatic N) is 3. The molecular formula is C19H17N5OS. The third-order valence-corrected chi connectivity index (χ3v) is 5.36. The van der Waals surface area contributed by atoms with E-state index in [2.05, 4.69) is 32.5 Å². The highest BCUT2D eigenvalue weighted by atomic mass is 32.1. The fraction of sp³-hybridized carbons (Fsp3) is 0.211. The third kappa shape index (κ3) is 3.32. The van der Waals surface area contributed by atoms with Gasteiger partial charge in [0.2, 0.25) is 0 Å². The van der Waals surface area contributed by atoms with Gasteiger partial charge in [0, 0.05) is 30.8 Å². The number of aromatic amines is 1. The summed E-state index contributed by atoms with van der Waals surface area (Å²) in [6, 6.07) is 15.0. The molecule has 0 saturated carbocycles. The number of thiophene rings is 1. The molecular weight excluding hydrogens is 346 g/mol. The van der Waals surface area contributed by atoms with Gasteiger partial charge in [0.05, 0.1) is 22.2 Å². The number of anilines is 1. The fourth-order valence-corrected chi connectivity index (χ4v) is 3.81. The van der Waals surface area contributed by atoms with Crippen LogP contribution in [0.2, 0.25) is 0 Å². The average Bonchev–Trinajstić information content (AvgIpc) is 3.41. The standard InChI is InChI=1S/C19H17N5OS/c20-11-13-3-1-4-14(9-13)19(25)21-15-6-7-24(12-15)18-10-16(22-23-18)17-5-2-8-26-17/h1-5,8-10,15H,6-7,12H2,(H,21,25)(H,22,23)/t15-/m1/s1. The number of nitrogens with one attached hydrogen (secondary N) is 2. The van der Waals surface area contributed by atoms with Crippen molar-refractivity contribution in [3.8, 4) is 16.6 Å². The first-order valence-corrected chi connectivity index (χ1v) is 9.26. The summed E-state index contributed by atoms with van der Waals surface area (Å²) in [7, 11) is 0. The molecule has 1 saturated heterocycles. The van der Waals surface area contributed by atoms with Gasteiger partial charge in [0.25, 0.3) is 5.91 Å². The summed E-state index contributed by atoms with van der Waals surface area (Å²) in [4.78, 5) is 15.7. The Morgan fingerprint density at radius 1 is 1.35 bits per heavy atom. The molecule has 1 atom stereocenters. The molecule has 6 nitrogen and oxygen atoms in total. The Morgan fingerprint density at radius 2 is 2.27 bits per heavy atom. The highest BCUT2D eigenvalue weighted by Crippen LogP contribution is 2.27. The highest BCUT2D eigenvalue weighted by Gasteiger charge is 2.26. The first-order valence-electron chi connectivity index (χ1n) is 8.38. The summed E-state index contributed by atoms with van der Waals surface area (Å²) < 4.78 is 0. The van der Waals surface area contributed by atoms with Crippen molar-refractivity contribution < 1.29 is 4.79 Å². The minimum atomic E-state index is -0.143. The lowest BCUT2D eigenvalue weighted by atomic mass is 10.1. The Kier molecular flexibility index (Phi) is 4.42. The van der Waals surface area contributed by atoms with E-state index < -0.39 is 0 Å². The summed E-state index contributed by atoms with van der Waals surface area (Å²) in [6.07, 6.45) is 0.866. The molecule has 0 aliphatic carbocycles. The highest BCUT2D eigenvalue weighted by molar-refractivity contribution is 7.13. The monoisotopic (exact) mass is 363 g/mol. The lowest BCUT2D eigenvalue weighted by Gasteiger charge is -2.16. The van der Waals surface area contributed by atoms with Crippen LogP contribution in [-0.4, -0.2) is 35.2 Å². The molecule has 1 fully saturated rings. The summed E-state index contributed by atoms with van der Waals surface area (Å²) >= 11 is 1.67. The van der Waals surface area contributed by atoms with Crippen molar-refractivity contribution in [2.45, 2.75) is 12.5 Å². The van der Waals surface area contributed by atoms with Crippen LogP contribution >= 0.6 is 11.3 Å². The van der Waals surface area contributed by atoms with Crippen LogP contribution in [0.1, 0.15) is 22.3 Å². The average molecular weight is 363 g/mol.